The van der Waals surface area contributed by atoms with Crippen molar-refractivity contribution in [1.82, 2.24) is 5.32 Å². The SMILES string of the molecule is COc1cc(CNC2CCCc3ccccc32)cc2c1OCO2. The first kappa shape index (κ1) is 14.4. The van der Waals surface area contributed by atoms with Crippen molar-refractivity contribution in [2.24, 2.45) is 0 Å². The standard InChI is InChI=1S/C19H21NO3/c1-21-17-9-13(10-18-19(17)23-12-22-18)11-20-16-8-4-6-14-5-2-3-7-15(14)16/h2-3,5,7,9-10,16,20H,4,6,8,11-12H2,1H3. The van der Waals surface area contributed by atoms with Gasteiger partial charge in [0.1, 0.15) is 0 Å². The summed E-state index contributed by atoms with van der Waals surface area (Å²) < 4.78 is 16.4. The van der Waals surface area contributed by atoms with Gasteiger partial charge in [-0.3, -0.25) is 0 Å². The number of aryl methyl sites for hydroxylation is 1. The number of nitrogens with one attached hydrogen (secondary N) is 1. The van der Waals surface area contributed by atoms with Gasteiger partial charge in [0.25, 0.3) is 0 Å². The Morgan fingerprint density at radius 3 is 3.04 bits per heavy atom. The van der Waals surface area contributed by atoms with Gasteiger partial charge in [0.2, 0.25) is 12.5 Å². The van der Waals surface area contributed by atoms with Crippen molar-refractivity contribution in [3.8, 4) is 17.2 Å². The smallest absolute Gasteiger partial charge is 0.231 e. The highest BCUT2D eigenvalue weighted by molar-refractivity contribution is 5.55. The van der Waals surface area contributed by atoms with E-state index in [1.807, 2.05) is 12.1 Å². The molecule has 1 unspecified atom stereocenters. The molecule has 1 aliphatic carbocycles. The van der Waals surface area contributed by atoms with E-state index in [1.165, 1.54) is 30.4 Å². The van der Waals surface area contributed by atoms with Crippen LogP contribution in [0.3, 0.4) is 0 Å². The Morgan fingerprint density at radius 2 is 2.13 bits per heavy atom. The van der Waals surface area contributed by atoms with Crippen LogP contribution in [0.4, 0.5) is 0 Å². The molecule has 1 N–H and O–H groups in total. The molecule has 0 saturated carbocycles. The second-order valence-corrected chi connectivity index (χ2v) is 6.06. The van der Waals surface area contributed by atoms with E-state index in [2.05, 4.69) is 29.6 Å². The summed E-state index contributed by atoms with van der Waals surface area (Å²) in [5.41, 5.74) is 4.06. The average molecular weight is 311 g/mol. The molecular weight excluding hydrogens is 290 g/mol. The molecule has 0 spiro atoms. The summed E-state index contributed by atoms with van der Waals surface area (Å²) in [7, 11) is 1.66. The van der Waals surface area contributed by atoms with E-state index in [0.717, 1.165) is 23.6 Å². The third kappa shape index (κ3) is 2.75. The summed E-state index contributed by atoms with van der Waals surface area (Å²) in [6.45, 7) is 1.05. The van der Waals surface area contributed by atoms with Gasteiger partial charge in [0.15, 0.2) is 11.5 Å². The zero-order chi connectivity index (χ0) is 15.6. The lowest BCUT2D eigenvalue weighted by Crippen LogP contribution is -2.24. The van der Waals surface area contributed by atoms with Gasteiger partial charge in [0, 0.05) is 12.6 Å². The van der Waals surface area contributed by atoms with Crippen molar-refractivity contribution < 1.29 is 14.2 Å². The molecule has 4 heteroatoms. The molecule has 0 aromatic heterocycles. The molecule has 1 atom stereocenters. The van der Waals surface area contributed by atoms with E-state index in [4.69, 9.17) is 14.2 Å². The molecule has 2 aromatic rings. The lowest BCUT2D eigenvalue weighted by Gasteiger charge is -2.26. The van der Waals surface area contributed by atoms with Gasteiger partial charge in [-0.05, 0) is 48.1 Å². The molecular formula is C19H21NO3. The minimum Gasteiger partial charge on any atom is -0.493 e. The van der Waals surface area contributed by atoms with Crippen LogP contribution in [-0.2, 0) is 13.0 Å². The van der Waals surface area contributed by atoms with Crippen LogP contribution in [0.2, 0.25) is 0 Å². The molecule has 2 aliphatic rings. The highest BCUT2D eigenvalue weighted by atomic mass is 16.7. The molecule has 0 bridgehead atoms. The van der Waals surface area contributed by atoms with E-state index >= 15 is 0 Å². The number of hydrogen-bond acceptors (Lipinski definition) is 4. The van der Waals surface area contributed by atoms with Gasteiger partial charge in [0.05, 0.1) is 7.11 Å². The summed E-state index contributed by atoms with van der Waals surface area (Å²) in [5.74, 6) is 2.21. The van der Waals surface area contributed by atoms with E-state index in [0.29, 0.717) is 11.8 Å². The number of rotatable bonds is 4. The Morgan fingerprint density at radius 1 is 1.22 bits per heavy atom. The molecule has 23 heavy (non-hydrogen) atoms. The van der Waals surface area contributed by atoms with Crippen LogP contribution >= 0.6 is 0 Å². The summed E-state index contributed by atoms with van der Waals surface area (Å²) in [5, 5.41) is 3.68. The number of hydrogen-bond donors (Lipinski definition) is 1. The maximum atomic E-state index is 5.50. The molecule has 120 valence electrons. The second-order valence-electron chi connectivity index (χ2n) is 6.06. The van der Waals surface area contributed by atoms with Crippen LogP contribution in [0.15, 0.2) is 36.4 Å². The third-order valence-electron chi connectivity index (χ3n) is 4.64. The van der Waals surface area contributed by atoms with Gasteiger partial charge in [-0.1, -0.05) is 24.3 Å². The van der Waals surface area contributed by atoms with Crippen molar-refractivity contribution in [3.05, 3.63) is 53.1 Å². The Hall–Kier alpha value is -2.20. The number of fused-ring (bicyclic) bond motifs is 2. The van der Waals surface area contributed by atoms with Gasteiger partial charge < -0.3 is 19.5 Å². The summed E-state index contributed by atoms with van der Waals surface area (Å²) in [6, 6.07) is 13.2. The van der Waals surface area contributed by atoms with Gasteiger partial charge in [-0.15, -0.1) is 0 Å². The second kappa shape index (κ2) is 6.13. The fraction of sp³-hybridized carbons (Fsp3) is 0.368. The van der Waals surface area contributed by atoms with Crippen molar-refractivity contribution in [3.63, 3.8) is 0 Å². The minimum atomic E-state index is 0.262. The third-order valence-corrected chi connectivity index (χ3v) is 4.64. The highest BCUT2D eigenvalue weighted by Gasteiger charge is 2.22. The van der Waals surface area contributed by atoms with Gasteiger partial charge in [-0.25, -0.2) is 0 Å². The number of benzene rings is 2. The molecule has 1 heterocycles. The summed E-state index contributed by atoms with van der Waals surface area (Å²) >= 11 is 0. The zero-order valence-electron chi connectivity index (χ0n) is 13.3. The Kier molecular flexibility index (Phi) is 3.83. The van der Waals surface area contributed by atoms with Crippen LogP contribution in [0.25, 0.3) is 0 Å². The molecule has 4 nitrogen and oxygen atoms in total. The molecule has 2 aromatic carbocycles. The van der Waals surface area contributed by atoms with E-state index in [9.17, 15) is 0 Å². The minimum absolute atomic E-state index is 0.262. The molecule has 1 aliphatic heterocycles. The quantitative estimate of drug-likeness (QED) is 0.936. The maximum absolute atomic E-state index is 5.50. The maximum Gasteiger partial charge on any atom is 0.231 e. The van der Waals surface area contributed by atoms with Crippen LogP contribution < -0.4 is 19.5 Å². The largest absolute Gasteiger partial charge is 0.493 e. The Balaban J connectivity index is 1.52. The summed E-state index contributed by atoms with van der Waals surface area (Å²) in [6.07, 6.45) is 3.60. The first-order valence-corrected chi connectivity index (χ1v) is 8.13. The Labute approximate surface area is 136 Å². The first-order chi connectivity index (χ1) is 11.3. The Bertz CT molecular complexity index is 714. The average Bonchev–Trinajstić information content (AvgIpc) is 3.07. The fourth-order valence-electron chi connectivity index (χ4n) is 3.49. The normalized spacial score (nSPS) is 18.6. The van der Waals surface area contributed by atoms with E-state index in [-0.39, 0.29) is 6.79 Å². The molecule has 0 amide bonds. The van der Waals surface area contributed by atoms with Crippen molar-refractivity contribution >= 4 is 0 Å². The van der Waals surface area contributed by atoms with Gasteiger partial charge >= 0.3 is 0 Å². The van der Waals surface area contributed by atoms with E-state index < -0.39 is 0 Å². The van der Waals surface area contributed by atoms with Crippen LogP contribution in [0.5, 0.6) is 17.2 Å². The molecule has 0 fully saturated rings. The molecule has 0 radical (unpaired) electrons. The lowest BCUT2D eigenvalue weighted by molar-refractivity contribution is 0.171. The fourth-order valence-corrected chi connectivity index (χ4v) is 3.49. The predicted molar refractivity (Wildman–Crippen MR) is 88.1 cm³/mol. The molecule has 4 rings (SSSR count). The van der Waals surface area contributed by atoms with E-state index in [1.54, 1.807) is 7.11 Å². The highest BCUT2D eigenvalue weighted by Crippen LogP contribution is 2.42. The van der Waals surface area contributed by atoms with Gasteiger partial charge in [-0.2, -0.15) is 0 Å². The monoisotopic (exact) mass is 311 g/mol. The van der Waals surface area contributed by atoms with Crippen molar-refractivity contribution in [1.29, 1.82) is 0 Å². The van der Waals surface area contributed by atoms with Crippen molar-refractivity contribution in [2.75, 3.05) is 13.9 Å². The summed E-state index contributed by atoms with van der Waals surface area (Å²) in [4.78, 5) is 0. The van der Waals surface area contributed by atoms with Crippen molar-refractivity contribution in [2.45, 2.75) is 31.8 Å². The topological polar surface area (TPSA) is 39.7 Å². The molecule has 0 saturated heterocycles. The van der Waals surface area contributed by atoms with Crippen LogP contribution in [-0.4, -0.2) is 13.9 Å². The van der Waals surface area contributed by atoms with Crippen LogP contribution in [0, 0.1) is 0 Å². The number of ether oxygens (including phenoxy) is 3. The lowest BCUT2D eigenvalue weighted by atomic mass is 9.87. The van der Waals surface area contributed by atoms with Crippen LogP contribution in [0.1, 0.15) is 35.6 Å². The first-order valence-electron chi connectivity index (χ1n) is 8.13. The number of methoxy groups -OCH3 is 1. The predicted octanol–water partition coefficient (Wildman–Crippen LogP) is 3.59. The zero-order valence-corrected chi connectivity index (χ0v) is 13.3.